The highest BCUT2D eigenvalue weighted by atomic mass is 35.5. The van der Waals surface area contributed by atoms with Crippen LogP contribution in [0.2, 0.25) is 4.34 Å². The molecule has 1 atom stereocenters. The molecule has 0 aromatic carbocycles. The van der Waals surface area contributed by atoms with Gasteiger partial charge in [-0.1, -0.05) is 37.8 Å². The maximum atomic E-state index is 6.09. The Hall–Kier alpha value is -0.0900. The van der Waals surface area contributed by atoms with Crippen molar-refractivity contribution in [3.8, 4) is 0 Å². The molecule has 2 nitrogen and oxygen atoms in total. The van der Waals surface area contributed by atoms with Crippen LogP contribution in [0.1, 0.15) is 43.5 Å². The minimum absolute atomic E-state index is 0.580. The Morgan fingerprint density at radius 3 is 2.72 bits per heavy atom. The van der Waals surface area contributed by atoms with Crippen molar-refractivity contribution in [3.63, 3.8) is 0 Å². The molecule has 1 aliphatic rings. The molecule has 18 heavy (non-hydrogen) atoms. The minimum Gasteiger partial charge on any atom is -0.314 e. The number of nitrogens with one attached hydrogen (secondary N) is 1. The highest BCUT2D eigenvalue weighted by molar-refractivity contribution is 7.16. The first-order chi connectivity index (χ1) is 8.81. The van der Waals surface area contributed by atoms with E-state index in [1.165, 1.54) is 30.6 Å². The van der Waals surface area contributed by atoms with E-state index in [-0.39, 0.29) is 0 Å². The van der Waals surface area contributed by atoms with Crippen LogP contribution in [0, 0.1) is 0 Å². The predicted octanol–water partition coefficient (Wildman–Crippen LogP) is 3.93. The van der Waals surface area contributed by atoms with Crippen LogP contribution in [0.25, 0.3) is 0 Å². The molecule has 0 bridgehead atoms. The van der Waals surface area contributed by atoms with Crippen molar-refractivity contribution in [2.24, 2.45) is 0 Å². The van der Waals surface area contributed by atoms with Gasteiger partial charge in [0, 0.05) is 37.1 Å². The Balaban J connectivity index is 2.01. The van der Waals surface area contributed by atoms with Crippen molar-refractivity contribution in [2.45, 2.75) is 38.6 Å². The number of rotatable bonds is 6. The average Bonchev–Trinajstić information content (AvgIpc) is 2.82. The van der Waals surface area contributed by atoms with Gasteiger partial charge < -0.3 is 5.32 Å². The molecule has 1 aromatic heterocycles. The molecule has 0 aliphatic carbocycles. The zero-order valence-electron chi connectivity index (χ0n) is 11.1. The van der Waals surface area contributed by atoms with Crippen molar-refractivity contribution in [3.05, 3.63) is 21.3 Å². The maximum Gasteiger partial charge on any atom is 0.0931 e. The zero-order chi connectivity index (χ0) is 12.8. The SMILES string of the molecule is CCCCC[C@@H](c1ccc(Cl)s1)N1CCNCC1. The van der Waals surface area contributed by atoms with E-state index in [2.05, 4.69) is 23.2 Å². The van der Waals surface area contributed by atoms with Gasteiger partial charge in [0.1, 0.15) is 0 Å². The lowest BCUT2D eigenvalue weighted by Crippen LogP contribution is -2.45. The van der Waals surface area contributed by atoms with Crippen LogP contribution in [0.15, 0.2) is 12.1 Å². The first-order valence-corrected chi connectivity index (χ1v) is 8.20. The quantitative estimate of drug-likeness (QED) is 0.797. The highest BCUT2D eigenvalue weighted by Crippen LogP contribution is 2.34. The number of halogens is 1. The van der Waals surface area contributed by atoms with E-state index in [1.807, 2.05) is 6.07 Å². The van der Waals surface area contributed by atoms with E-state index in [0.29, 0.717) is 6.04 Å². The van der Waals surface area contributed by atoms with Gasteiger partial charge in [0.15, 0.2) is 0 Å². The molecule has 0 radical (unpaired) electrons. The lowest BCUT2D eigenvalue weighted by atomic mass is 10.0. The van der Waals surface area contributed by atoms with Crippen LogP contribution in [0.5, 0.6) is 0 Å². The van der Waals surface area contributed by atoms with E-state index in [9.17, 15) is 0 Å². The van der Waals surface area contributed by atoms with E-state index >= 15 is 0 Å². The second-order valence-corrected chi connectivity index (χ2v) is 6.69. The summed E-state index contributed by atoms with van der Waals surface area (Å²) in [6.45, 7) is 6.81. The normalized spacial score (nSPS) is 19.0. The summed E-state index contributed by atoms with van der Waals surface area (Å²) in [5, 5.41) is 3.43. The van der Waals surface area contributed by atoms with E-state index in [0.717, 1.165) is 30.5 Å². The summed E-state index contributed by atoms with van der Waals surface area (Å²) in [6.07, 6.45) is 5.21. The molecular formula is C14H23ClN2S. The van der Waals surface area contributed by atoms with Crippen LogP contribution in [0.4, 0.5) is 0 Å². The van der Waals surface area contributed by atoms with Gasteiger partial charge in [0.2, 0.25) is 0 Å². The monoisotopic (exact) mass is 286 g/mol. The number of unbranched alkanes of at least 4 members (excludes halogenated alkanes) is 2. The Morgan fingerprint density at radius 1 is 1.33 bits per heavy atom. The third-order valence-corrected chi connectivity index (χ3v) is 4.93. The molecule has 0 amide bonds. The fourth-order valence-electron chi connectivity index (χ4n) is 2.59. The molecule has 0 unspecified atom stereocenters. The lowest BCUT2D eigenvalue weighted by molar-refractivity contribution is 0.165. The summed E-state index contributed by atoms with van der Waals surface area (Å²) in [7, 11) is 0. The first kappa shape index (κ1) is 14.3. The van der Waals surface area contributed by atoms with Gasteiger partial charge in [0.25, 0.3) is 0 Å². The summed E-state index contributed by atoms with van der Waals surface area (Å²) in [5.41, 5.74) is 0. The molecule has 4 heteroatoms. The molecule has 0 saturated carbocycles. The average molecular weight is 287 g/mol. The first-order valence-electron chi connectivity index (χ1n) is 7.01. The molecule has 1 aliphatic heterocycles. The number of hydrogen-bond acceptors (Lipinski definition) is 3. The zero-order valence-corrected chi connectivity index (χ0v) is 12.7. The topological polar surface area (TPSA) is 15.3 Å². The molecule has 1 N–H and O–H groups in total. The molecule has 1 saturated heterocycles. The molecule has 1 aromatic rings. The van der Waals surface area contributed by atoms with Crippen molar-refractivity contribution >= 4 is 22.9 Å². The highest BCUT2D eigenvalue weighted by Gasteiger charge is 2.22. The second-order valence-electron chi connectivity index (χ2n) is 4.94. The number of piperazine rings is 1. The van der Waals surface area contributed by atoms with Gasteiger partial charge in [-0.2, -0.15) is 0 Å². The third kappa shape index (κ3) is 3.95. The molecule has 102 valence electrons. The maximum absolute atomic E-state index is 6.09. The second kappa shape index (κ2) is 7.49. The molecule has 0 spiro atoms. The van der Waals surface area contributed by atoms with Crippen LogP contribution in [-0.4, -0.2) is 31.1 Å². The van der Waals surface area contributed by atoms with E-state index in [4.69, 9.17) is 11.6 Å². The van der Waals surface area contributed by atoms with Crippen molar-refractivity contribution < 1.29 is 0 Å². The smallest absolute Gasteiger partial charge is 0.0931 e. The Bertz CT molecular complexity index is 347. The van der Waals surface area contributed by atoms with Gasteiger partial charge in [-0.05, 0) is 18.6 Å². The fraction of sp³-hybridized carbons (Fsp3) is 0.714. The number of nitrogens with zero attached hydrogens (tertiary/aromatic N) is 1. The van der Waals surface area contributed by atoms with Crippen molar-refractivity contribution in [1.82, 2.24) is 10.2 Å². The molecule has 2 rings (SSSR count). The number of hydrogen-bond donors (Lipinski definition) is 1. The Kier molecular flexibility index (Phi) is 5.96. The van der Waals surface area contributed by atoms with E-state index < -0.39 is 0 Å². The third-order valence-electron chi connectivity index (χ3n) is 3.60. The molecule has 2 heterocycles. The summed E-state index contributed by atoms with van der Waals surface area (Å²) in [6, 6.07) is 4.83. The summed E-state index contributed by atoms with van der Waals surface area (Å²) in [4.78, 5) is 4.06. The summed E-state index contributed by atoms with van der Waals surface area (Å²) >= 11 is 7.84. The van der Waals surface area contributed by atoms with Gasteiger partial charge >= 0.3 is 0 Å². The fourth-order valence-corrected chi connectivity index (χ4v) is 3.82. The van der Waals surface area contributed by atoms with Gasteiger partial charge in [-0.3, -0.25) is 4.90 Å². The Labute approximate surface area is 119 Å². The summed E-state index contributed by atoms with van der Waals surface area (Å²) in [5.74, 6) is 0. The van der Waals surface area contributed by atoms with Crippen molar-refractivity contribution in [1.29, 1.82) is 0 Å². The van der Waals surface area contributed by atoms with Crippen LogP contribution in [0.3, 0.4) is 0 Å². The number of thiophene rings is 1. The molecule has 1 fully saturated rings. The summed E-state index contributed by atoms with van der Waals surface area (Å²) < 4.78 is 0.917. The van der Waals surface area contributed by atoms with Crippen LogP contribution in [-0.2, 0) is 0 Å². The standard InChI is InChI=1S/C14H23ClN2S/c1-2-3-4-5-12(13-6-7-14(15)18-13)17-10-8-16-9-11-17/h6-7,12,16H,2-5,8-11H2,1H3/t12-/m0/s1. The predicted molar refractivity (Wildman–Crippen MR) is 80.7 cm³/mol. The van der Waals surface area contributed by atoms with Crippen molar-refractivity contribution in [2.75, 3.05) is 26.2 Å². The molecular weight excluding hydrogens is 264 g/mol. The lowest BCUT2D eigenvalue weighted by Gasteiger charge is -2.34. The van der Waals surface area contributed by atoms with E-state index in [1.54, 1.807) is 11.3 Å². The van der Waals surface area contributed by atoms with Gasteiger partial charge in [0.05, 0.1) is 4.34 Å². The Morgan fingerprint density at radius 2 is 2.11 bits per heavy atom. The minimum atomic E-state index is 0.580. The van der Waals surface area contributed by atoms with Crippen LogP contribution >= 0.6 is 22.9 Å². The van der Waals surface area contributed by atoms with Crippen LogP contribution < -0.4 is 5.32 Å². The van der Waals surface area contributed by atoms with Gasteiger partial charge in [-0.25, -0.2) is 0 Å². The van der Waals surface area contributed by atoms with Gasteiger partial charge in [-0.15, -0.1) is 11.3 Å². The largest absolute Gasteiger partial charge is 0.314 e.